The van der Waals surface area contributed by atoms with E-state index in [4.69, 9.17) is 0 Å². The summed E-state index contributed by atoms with van der Waals surface area (Å²) in [7, 11) is 0. The summed E-state index contributed by atoms with van der Waals surface area (Å²) in [6.07, 6.45) is 4.54. The van der Waals surface area contributed by atoms with Crippen molar-refractivity contribution < 1.29 is 9.90 Å². The molecule has 0 aliphatic heterocycles. The molecule has 0 fully saturated rings. The fourth-order valence-corrected chi connectivity index (χ4v) is 2.09. The molecule has 2 aromatic carbocycles. The van der Waals surface area contributed by atoms with Crippen LogP contribution >= 0.6 is 0 Å². The van der Waals surface area contributed by atoms with Crippen molar-refractivity contribution in [3.05, 3.63) is 78.6 Å². The molecule has 0 atom stereocenters. The third-order valence-corrected chi connectivity index (χ3v) is 3.28. The van der Waals surface area contributed by atoms with Crippen molar-refractivity contribution in [2.24, 2.45) is 0 Å². The highest BCUT2D eigenvalue weighted by atomic mass is 16.3. The zero-order valence-corrected chi connectivity index (χ0v) is 13.3. The molecule has 1 heterocycles. The van der Waals surface area contributed by atoms with Gasteiger partial charge < -0.3 is 15.7 Å². The number of phenols is 1. The van der Waals surface area contributed by atoms with Gasteiger partial charge in [-0.1, -0.05) is 30.3 Å². The monoisotopic (exact) mass is 332 g/mol. The average molecular weight is 332 g/mol. The Kier molecular flexibility index (Phi) is 5.01. The number of aromatic nitrogens is 2. The smallest absolute Gasteiger partial charge is 0.249 e. The molecule has 25 heavy (non-hydrogen) atoms. The van der Waals surface area contributed by atoms with E-state index in [1.165, 1.54) is 12.4 Å². The lowest BCUT2D eigenvalue weighted by atomic mass is 10.2. The van der Waals surface area contributed by atoms with Crippen LogP contribution in [0.2, 0.25) is 0 Å². The third-order valence-electron chi connectivity index (χ3n) is 3.28. The van der Waals surface area contributed by atoms with Gasteiger partial charge in [0.1, 0.15) is 23.7 Å². The standard InChI is InChI=1S/C19H16N4O2/c24-16-9-7-15(8-10-16)22-17-12-18(21-13-20-17)23-19(25)11-6-14-4-2-1-3-5-14/h1-13,24H,(H2,20,21,22,23,25)/b11-6+. The van der Waals surface area contributed by atoms with E-state index >= 15 is 0 Å². The summed E-state index contributed by atoms with van der Waals surface area (Å²) < 4.78 is 0. The van der Waals surface area contributed by atoms with E-state index in [1.54, 1.807) is 36.4 Å². The van der Waals surface area contributed by atoms with Gasteiger partial charge in [0.05, 0.1) is 0 Å². The van der Waals surface area contributed by atoms with Crippen molar-refractivity contribution >= 4 is 29.3 Å². The van der Waals surface area contributed by atoms with Crippen LogP contribution in [0.15, 0.2) is 73.1 Å². The van der Waals surface area contributed by atoms with Crippen molar-refractivity contribution in [3.63, 3.8) is 0 Å². The maximum absolute atomic E-state index is 12.0. The lowest BCUT2D eigenvalue weighted by molar-refractivity contribution is -0.111. The number of carbonyl (C=O) groups excluding carboxylic acids is 1. The van der Waals surface area contributed by atoms with Gasteiger partial charge in [0.25, 0.3) is 0 Å². The van der Waals surface area contributed by atoms with Crippen molar-refractivity contribution in [3.8, 4) is 5.75 Å². The first-order chi connectivity index (χ1) is 12.2. The first kappa shape index (κ1) is 16.2. The van der Waals surface area contributed by atoms with Crippen LogP contribution in [0.4, 0.5) is 17.3 Å². The fraction of sp³-hybridized carbons (Fsp3) is 0. The van der Waals surface area contributed by atoms with Crippen LogP contribution in [-0.4, -0.2) is 21.0 Å². The summed E-state index contributed by atoms with van der Waals surface area (Å²) in [5.74, 6) is 0.826. The van der Waals surface area contributed by atoms with Crippen LogP contribution in [0.3, 0.4) is 0 Å². The predicted octanol–water partition coefficient (Wildman–Crippen LogP) is 3.58. The van der Waals surface area contributed by atoms with Crippen molar-refractivity contribution in [2.45, 2.75) is 0 Å². The van der Waals surface area contributed by atoms with Crippen LogP contribution in [-0.2, 0) is 4.79 Å². The van der Waals surface area contributed by atoms with Gasteiger partial charge in [0.15, 0.2) is 0 Å². The zero-order chi connectivity index (χ0) is 17.5. The number of nitrogens with one attached hydrogen (secondary N) is 2. The molecule has 3 rings (SSSR count). The minimum absolute atomic E-state index is 0.186. The number of anilines is 3. The average Bonchev–Trinajstić information content (AvgIpc) is 2.63. The van der Waals surface area contributed by atoms with Gasteiger partial charge in [0, 0.05) is 17.8 Å². The maximum Gasteiger partial charge on any atom is 0.249 e. The third kappa shape index (κ3) is 4.90. The Morgan fingerprint density at radius 2 is 1.68 bits per heavy atom. The molecule has 0 saturated carbocycles. The van der Waals surface area contributed by atoms with Gasteiger partial charge in [-0.15, -0.1) is 0 Å². The molecular formula is C19H16N4O2. The van der Waals surface area contributed by atoms with Crippen LogP contribution in [0.5, 0.6) is 5.75 Å². The molecule has 6 heteroatoms. The number of nitrogens with zero attached hydrogens (tertiary/aromatic N) is 2. The summed E-state index contributed by atoms with van der Waals surface area (Å²) in [4.78, 5) is 20.1. The summed E-state index contributed by atoms with van der Waals surface area (Å²) in [6, 6.07) is 17.8. The number of aromatic hydroxyl groups is 1. The number of phenolic OH excluding ortho intramolecular Hbond substituents is 1. The highest BCUT2D eigenvalue weighted by Crippen LogP contribution is 2.19. The molecule has 124 valence electrons. The van der Waals surface area contributed by atoms with Crippen LogP contribution in [0, 0.1) is 0 Å². The van der Waals surface area contributed by atoms with Gasteiger partial charge in [0.2, 0.25) is 5.91 Å². The summed E-state index contributed by atoms with van der Waals surface area (Å²) in [5, 5.41) is 15.1. The molecule has 0 radical (unpaired) electrons. The van der Waals surface area contributed by atoms with Crippen molar-refractivity contribution in [1.29, 1.82) is 0 Å². The topological polar surface area (TPSA) is 87.1 Å². The van der Waals surface area contributed by atoms with E-state index < -0.39 is 0 Å². The van der Waals surface area contributed by atoms with E-state index in [2.05, 4.69) is 20.6 Å². The van der Waals surface area contributed by atoms with Gasteiger partial charge in [-0.2, -0.15) is 0 Å². The SMILES string of the molecule is O=C(/C=C/c1ccccc1)Nc1cc(Nc2ccc(O)cc2)ncn1. The molecule has 6 nitrogen and oxygen atoms in total. The first-order valence-corrected chi connectivity index (χ1v) is 7.61. The molecule has 0 saturated heterocycles. The second kappa shape index (κ2) is 7.74. The van der Waals surface area contributed by atoms with Crippen molar-refractivity contribution in [1.82, 2.24) is 9.97 Å². The van der Waals surface area contributed by atoms with Gasteiger partial charge >= 0.3 is 0 Å². The Balaban J connectivity index is 1.64. The van der Waals surface area contributed by atoms with E-state index in [0.29, 0.717) is 11.6 Å². The predicted molar refractivity (Wildman–Crippen MR) is 97.5 cm³/mol. The van der Waals surface area contributed by atoms with E-state index in [9.17, 15) is 9.90 Å². The Morgan fingerprint density at radius 1 is 0.960 bits per heavy atom. The second-order valence-corrected chi connectivity index (χ2v) is 5.19. The number of hydrogen-bond donors (Lipinski definition) is 3. The van der Waals surface area contributed by atoms with Crippen LogP contribution in [0.1, 0.15) is 5.56 Å². The molecule has 0 bridgehead atoms. The number of amides is 1. The van der Waals surface area contributed by atoms with Crippen LogP contribution < -0.4 is 10.6 Å². The van der Waals surface area contributed by atoms with Gasteiger partial charge in [-0.05, 0) is 35.9 Å². The van der Waals surface area contributed by atoms with Crippen LogP contribution in [0.25, 0.3) is 6.08 Å². The Bertz CT molecular complexity index is 877. The molecular weight excluding hydrogens is 316 g/mol. The molecule has 1 amide bonds. The van der Waals surface area contributed by atoms with E-state index in [-0.39, 0.29) is 11.7 Å². The minimum Gasteiger partial charge on any atom is -0.508 e. The first-order valence-electron chi connectivity index (χ1n) is 7.61. The quantitative estimate of drug-likeness (QED) is 0.491. The highest BCUT2D eigenvalue weighted by Gasteiger charge is 2.03. The molecule has 3 N–H and O–H groups in total. The van der Waals surface area contributed by atoms with Crippen molar-refractivity contribution in [2.75, 3.05) is 10.6 Å². The molecule has 3 aromatic rings. The lowest BCUT2D eigenvalue weighted by Gasteiger charge is -2.07. The van der Waals surface area contributed by atoms with Gasteiger partial charge in [-0.25, -0.2) is 9.97 Å². The fourth-order valence-electron chi connectivity index (χ4n) is 2.09. The number of benzene rings is 2. The van der Waals surface area contributed by atoms with Gasteiger partial charge in [-0.3, -0.25) is 4.79 Å². The number of hydrogen-bond acceptors (Lipinski definition) is 5. The zero-order valence-electron chi connectivity index (χ0n) is 13.3. The minimum atomic E-state index is -0.280. The number of carbonyl (C=O) groups is 1. The largest absolute Gasteiger partial charge is 0.508 e. The summed E-state index contributed by atoms with van der Waals surface area (Å²) in [6.45, 7) is 0. The molecule has 0 spiro atoms. The number of rotatable bonds is 5. The highest BCUT2D eigenvalue weighted by molar-refractivity contribution is 6.01. The van der Waals surface area contributed by atoms with E-state index in [1.807, 2.05) is 30.3 Å². The normalized spacial score (nSPS) is 10.6. The maximum atomic E-state index is 12.0. The van der Waals surface area contributed by atoms with E-state index in [0.717, 1.165) is 11.3 Å². The molecule has 1 aromatic heterocycles. The summed E-state index contributed by atoms with van der Waals surface area (Å²) >= 11 is 0. The molecule has 0 unspecified atom stereocenters. The Labute approximate surface area is 144 Å². The summed E-state index contributed by atoms with van der Waals surface area (Å²) in [5.41, 5.74) is 1.70. The lowest BCUT2D eigenvalue weighted by Crippen LogP contribution is -2.09. The molecule has 0 aliphatic rings. The Hall–Kier alpha value is -3.67. The molecule has 0 aliphatic carbocycles. The second-order valence-electron chi connectivity index (χ2n) is 5.19. The Morgan fingerprint density at radius 3 is 2.44 bits per heavy atom.